The van der Waals surface area contributed by atoms with E-state index in [0.29, 0.717) is 6.04 Å². The quantitative estimate of drug-likeness (QED) is 0.0599. The number of aliphatic imine (C=N–C) groups is 4. The summed E-state index contributed by atoms with van der Waals surface area (Å²) in [5.74, 6) is 4.69. The van der Waals surface area contributed by atoms with Gasteiger partial charge in [-0.25, -0.2) is 0 Å². The maximum Gasteiger partial charge on any atom is 1.00 e. The normalized spacial score (nSPS) is 13.3. The van der Waals surface area contributed by atoms with Crippen LogP contribution in [-0.2, 0) is 51.2 Å². The molecule has 8 nitrogen and oxygen atoms in total. The first-order valence-electron chi connectivity index (χ1n) is 17.8. The Balaban J connectivity index is 0.000000752. The van der Waals surface area contributed by atoms with Gasteiger partial charge in [0.15, 0.2) is 0 Å². The predicted molar refractivity (Wildman–Crippen MR) is 209 cm³/mol. The van der Waals surface area contributed by atoms with Gasteiger partial charge in [0.25, 0.3) is 0 Å². The van der Waals surface area contributed by atoms with Crippen LogP contribution in [0.25, 0.3) is 0 Å². The van der Waals surface area contributed by atoms with Crippen LogP contribution >= 0.6 is 16.4 Å². The molecule has 0 aliphatic heterocycles. The molecule has 1 aliphatic rings. The Kier molecular flexibility index (Phi) is 31.7. The molecule has 1 fully saturated rings. The number of nitrogens with zero attached hydrogens (tertiary/aromatic N) is 8. The Bertz CT molecular complexity index is 1390. The standard InChI is InChI=1S/C18H25N3P.C10H14N3.C10H16N2P.3Cu/c1-15-7-9-17(21-15)13-19-11-5-3-4-6-12-20-14-18-10-8-16(2)22-18;1-2-4-9(5-3-1)13-8-10-11-6-7-12-10;1-2-3-4-5-6-11-7-10-8-13-9-12-10;;;/h7-10,13-14,22H,3-6,11-12H2,1-2H3;6-9H,1-5H2;7-9H,2-6H2,1H3;;;/q3*-1;3*+1. The number of rotatable bonds is 17. The molecular weight excluding hydrogens is 821 g/mol. The number of aryl methyl sites for hydroxylation is 2. The second kappa shape index (κ2) is 32.8. The molecule has 0 aromatic carbocycles. The Morgan fingerprint density at radius 1 is 0.765 bits per heavy atom. The molecule has 290 valence electrons. The Hall–Kier alpha value is -1.78. The average molecular weight is 877 g/mol. The molecule has 51 heavy (non-hydrogen) atoms. The fraction of sp³-hybridized carbons (Fsp3) is 0.526. The van der Waals surface area contributed by atoms with Crippen LogP contribution in [0.1, 0.15) is 124 Å². The van der Waals surface area contributed by atoms with Crippen molar-refractivity contribution in [3.05, 3.63) is 81.9 Å². The molecule has 5 rings (SSSR count). The maximum atomic E-state index is 4.51. The van der Waals surface area contributed by atoms with E-state index in [9.17, 15) is 0 Å². The van der Waals surface area contributed by atoms with Gasteiger partial charge in [-0.05, 0) is 62.0 Å². The SMILES string of the molecule is C(=NC1CCCCC1)c1ncc[n-]1.CCCCCCN=Cc1cpc[n-]1.Cc1ccc(C=NCCCCCCN=Cc2ccc(C)[pH]2)[n-]1.[Cu+].[Cu+].[Cu+]. The van der Waals surface area contributed by atoms with Crippen molar-refractivity contribution >= 4 is 41.2 Å². The van der Waals surface area contributed by atoms with E-state index in [0.717, 1.165) is 57.2 Å². The van der Waals surface area contributed by atoms with Gasteiger partial charge < -0.3 is 19.9 Å². The van der Waals surface area contributed by atoms with Crippen LogP contribution in [0.2, 0.25) is 0 Å². The largest absolute Gasteiger partial charge is 1.00 e. The van der Waals surface area contributed by atoms with Crippen molar-refractivity contribution in [1.29, 1.82) is 0 Å². The second-order valence-corrected chi connectivity index (χ2v) is 14.5. The van der Waals surface area contributed by atoms with Gasteiger partial charge in [-0.3, -0.25) is 20.0 Å². The predicted octanol–water partition coefficient (Wildman–Crippen LogP) is 9.40. The number of unbranched alkanes of at least 4 members (excludes halogenated alkanes) is 6. The zero-order valence-electron chi connectivity index (χ0n) is 30.2. The minimum atomic E-state index is 0. The van der Waals surface area contributed by atoms with Crippen molar-refractivity contribution in [3.8, 4) is 0 Å². The van der Waals surface area contributed by atoms with Crippen molar-refractivity contribution in [1.82, 2.24) is 19.9 Å². The summed E-state index contributed by atoms with van der Waals surface area (Å²) in [6, 6.07) is 8.91. The zero-order valence-corrected chi connectivity index (χ0v) is 35.0. The minimum Gasteiger partial charge on any atom is -0.660 e. The van der Waals surface area contributed by atoms with E-state index < -0.39 is 0 Å². The summed E-state index contributed by atoms with van der Waals surface area (Å²) in [5, 5.41) is 2.82. The van der Waals surface area contributed by atoms with Crippen LogP contribution in [0.4, 0.5) is 0 Å². The first kappa shape index (κ1) is 49.2. The van der Waals surface area contributed by atoms with E-state index in [1.165, 1.54) is 95.8 Å². The fourth-order valence-electron chi connectivity index (χ4n) is 5.06. The molecule has 4 heterocycles. The van der Waals surface area contributed by atoms with E-state index in [2.05, 4.69) is 71.7 Å². The van der Waals surface area contributed by atoms with Crippen LogP contribution in [0.5, 0.6) is 0 Å². The smallest absolute Gasteiger partial charge is 0.660 e. The first-order valence-corrected chi connectivity index (χ1v) is 19.8. The molecule has 0 saturated heterocycles. The van der Waals surface area contributed by atoms with Gasteiger partial charge in [0, 0.05) is 55.8 Å². The van der Waals surface area contributed by atoms with Crippen molar-refractivity contribution in [3.63, 3.8) is 0 Å². The molecule has 13 heteroatoms. The van der Waals surface area contributed by atoms with Crippen LogP contribution in [0.3, 0.4) is 0 Å². The zero-order chi connectivity index (χ0) is 33.9. The molecule has 4 aromatic rings. The van der Waals surface area contributed by atoms with Gasteiger partial charge in [-0.15, -0.1) is 33.7 Å². The van der Waals surface area contributed by atoms with Crippen LogP contribution in [0.15, 0.2) is 68.4 Å². The maximum absolute atomic E-state index is 4.51. The number of hydrogen-bond donors (Lipinski definition) is 0. The molecular formula is C38H55Cu3N8P2. The molecule has 1 atom stereocenters. The average Bonchev–Trinajstić information content (AvgIpc) is 3.94. The topological polar surface area (TPSA) is 105 Å². The summed E-state index contributed by atoms with van der Waals surface area (Å²) < 4.78 is 0. The minimum absolute atomic E-state index is 0. The molecule has 0 bridgehead atoms. The van der Waals surface area contributed by atoms with E-state index in [4.69, 9.17) is 0 Å². The summed E-state index contributed by atoms with van der Waals surface area (Å²) in [4.78, 5) is 34.3. The van der Waals surface area contributed by atoms with E-state index >= 15 is 0 Å². The van der Waals surface area contributed by atoms with Gasteiger partial charge >= 0.3 is 51.2 Å². The Morgan fingerprint density at radius 3 is 1.98 bits per heavy atom. The molecule has 4 aromatic heterocycles. The number of aromatic nitrogens is 4. The molecule has 0 radical (unpaired) electrons. The number of hydrogen-bond acceptors (Lipinski definition) is 5. The first-order chi connectivity index (χ1) is 23.6. The van der Waals surface area contributed by atoms with E-state index in [-0.39, 0.29) is 51.2 Å². The third-order valence-corrected chi connectivity index (χ3v) is 9.54. The van der Waals surface area contributed by atoms with Crippen molar-refractivity contribution in [2.45, 2.75) is 110 Å². The van der Waals surface area contributed by atoms with Crippen molar-refractivity contribution in [2.24, 2.45) is 20.0 Å². The van der Waals surface area contributed by atoms with Gasteiger partial charge in [0.05, 0.1) is 0 Å². The van der Waals surface area contributed by atoms with Gasteiger partial charge in [-0.2, -0.15) is 5.69 Å². The monoisotopic (exact) mass is 874 g/mol. The Labute approximate surface area is 342 Å². The van der Waals surface area contributed by atoms with E-state index in [1.54, 1.807) is 18.6 Å². The van der Waals surface area contributed by atoms with Crippen molar-refractivity contribution < 1.29 is 51.2 Å². The third kappa shape index (κ3) is 25.0. The van der Waals surface area contributed by atoms with Crippen LogP contribution < -0.4 is 15.0 Å². The van der Waals surface area contributed by atoms with Crippen LogP contribution in [-0.4, -0.2) is 55.5 Å². The Morgan fingerprint density at radius 2 is 1.43 bits per heavy atom. The summed E-state index contributed by atoms with van der Waals surface area (Å²) in [6.45, 7) is 9.19. The molecule has 0 amide bonds. The van der Waals surface area contributed by atoms with Crippen molar-refractivity contribution in [2.75, 3.05) is 19.6 Å². The third-order valence-electron chi connectivity index (χ3n) is 7.73. The van der Waals surface area contributed by atoms with E-state index in [1.807, 2.05) is 43.6 Å². The second-order valence-electron chi connectivity index (χ2n) is 12.1. The fourth-order valence-corrected chi connectivity index (χ4v) is 6.55. The van der Waals surface area contributed by atoms with Crippen LogP contribution in [0, 0.1) is 13.8 Å². The molecule has 1 saturated carbocycles. The van der Waals surface area contributed by atoms with Gasteiger partial charge in [0.1, 0.15) is 0 Å². The summed E-state index contributed by atoms with van der Waals surface area (Å²) in [7, 11) is 2.01. The summed E-state index contributed by atoms with van der Waals surface area (Å²) >= 11 is 0. The van der Waals surface area contributed by atoms with Gasteiger partial charge in [-0.1, -0.05) is 95.8 Å². The molecule has 0 spiro atoms. The molecule has 0 N–H and O–H groups in total. The number of imidazole rings is 1. The molecule has 1 unspecified atom stereocenters. The summed E-state index contributed by atoms with van der Waals surface area (Å²) in [6.07, 6.45) is 27.4. The summed E-state index contributed by atoms with van der Waals surface area (Å²) in [5.41, 5.74) is 3.04. The molecule has 1 aliphatic carbocycles. The van der Waals surface area contributed by atoms with Gasteiger partial charge in [0.2, 0.25) is 0 Å².